The van der Waals surface area contributed by atoms with Gasteiger partial charge in [-0.05, 0) is 37.3 Å². The van der Waals surface area contributed by atoms with Gasteiger partial charge in [0.2, 0.25) is 11.1 Å². The summed E-state index contributed by atoms with van der Waals surface area (Å²) >= 11 is 5.46. The van der Waals surface area contributed by atoms with Gasteiger partial charge >= 0.3 is 0 Å². The van der Waals surface area contributed by atoms with E-state index in [1.54, 1.807) is 0 Å². The number of rotatable bonds is 4. The fraction of sp³-hybridized carbons (Fsp3) is 0.833. The molecule has 0 saturated carbocycles. The second kappa shape index (κ2) is 6.24. The Balaban J connectivity index is 2.47. The molecule has 1 saturated heterocycles. The zero-order chi connectivity index (χ0) is 12.1. The highest BCUT2D eigenvalue weighted by molar-refractivity contribution is 6.63. The monoisotopic (exact) mass is 245 g/mol. The van der Waals surface area contributed by atoms with Crippen LogP contribution >= 0.6 is 11.6 Å². The quantitative estimate of drug-likeness (QED) is 0.714. The van der Waals surface area contributed by atoms with E-state index in [-0.39, 0.29) is 23.0 Å². The van der Waals surface area contributed by atoms with Gasteiger partial charge in [-0.1, -0.05) is 13.8 Å². The molecule has 4 heteroatoms. The molecule has 0 radical (unpaired) electrons. The van der Waals surface area contributed by atoms with Gasteiger partial charge in [0.05, 0.1) is 0 Å². The molecular formula is C12H20ClNO2. The Morgan fingerprint density at radius 2 is 1.75 bits per heavy atom. The van der Waals surface area contributed by atoms with Crippen LogP contribution in [0.3, 0.4) is 0 Å². The second-order valence-corrected chi connectivity index (χ2v) is 4.79. The smallest absolute Gasteiger partial charge is 0.225 e. The second-order valence-electron chi connectivity index (χ2n) is 4.42. The summed E-state index contributed by atoms with van der Waals surface area (Å²) in [6.07, 6.45) is 3.22. The summed E-state index contributed by atoms with van der Waals surface area (Å²) in [6, 6.07) is 0. The molecule has 0 N–H and O–H groups in total. The highest BCUT2D eigenvalue weighted by atomic mass is 35.5. The van der Waals surface area contributed by atoms with Crippen LogP contribution in [0.15, 0.2) is 0 Å². The van der Waals surface area contributed by atoms with Crippen LogP contribution < -0.4 is 0 Å². The van der Waals surface area contributed by atoms with E-state index >= 15 is 0 Å². The van der Waals surface area contributed by atoms with Crippen molar-refractivity contribution in [3.05, 3.63) is 0 Å². The number of halogens is 1. The van der Waals surface area contributed by atoms with Crippen LogP contribution in [0, 0.1) is 11.8 Å². The molecule has 1 fully saturated rings. The van der Waals surface area contributed by atoms with Gasteiger partial charge in [-0.25, -0.2) is 0 Å². The Bertz CT molecular complexity index is 256. The first-order chi connectivity index (χ1) is 7.60. The van der Waals surface area contributed by atoms with Crippen molar-refractivity contribution in [1.82, 2.24) is 4.90 Å². The third-order valence-corrected chi connectivity index (χ3v) is 3.77. The minimum absolute atomic E-state index is 0.0487. The molecule has 16 heavy (non-hydrogen) atoms. The highest BCUT2D eigenvalue weighted by Crippen LogP contribution is 2.22. The molecule has 0 aromatic rings. The number of piperidine rings is 1. The van der Waals surface area contributed by atoms with E-state index in [0.29, 0.717) is 25.9 Å². The van der Waals surface area contributed by atoms with Crippen molar-refractivity contribution in [1.29, 1.82) is 0 Å². The van der Waals surface area contributed by atoms with Crippen LogP contribution in [0.25, 0.3) is 0 Å². The lowest BCUT2D eigenvalue weighted by atomic mass is 9.95. The van der Waals surface area contributed by atoms with Crippen LogP contribution in [0.2, 0.25) is 0 Å². The summed E-state index contributed by atoms with van der Waals surface area (Å²) in [5, 5.41) is -0.255. The zero-order valence-corrected chi connectivity index (χ0v) is 10.8. The van der Waals surface area contributed by atoms with Crippen LogP contribution in [0.4, 0.5) is 0 Å². The Morgan fingerprint density at radius 3 is 2.12 bits per heavy atom. The first-order valence-corrected chi connectivity index (χ1v) is 6.46. The van der Waals surface area contributed by atoms with Crippen LogP contribution in [-0.4, -0.2) is 29.1 Å². The van der Waals surface area contributed by atoms with Crippen molar-refractivity contribution in [2.45, 2.75) is 39.5 Å². The third kappa shape index (κ3) is 3.21. The molecule has 3 nitrogen and oxygen atoms in total. The van der Waals surface area contributed by atoms with Gasteiger partial charge in [0.25, 0.3) is 0 Å². The van der Waals surface area contributed by atoms with E-state index in [1.807, 2.05) is 18.7 Å². The van der Waals surface area contributed by atoms with E-state index < -0.39 is 0 Å². The van der Waals surface area contributed by atoms with E-state index in [9.17, 15) is 9.59 Å². The van der Waals surface area contributed by atoms with Crippen LogP contribution in [0.1, 0.15) is 39.5 Å². The summed E-state index contributed by atoms with van der Waals surface area (Å²) in [4.78, 5) is 24.9. The van der Waals surface area contributed by atoms with Crippen molar-refractivity contribution in [3.63, 3.8) is 0 Å². The average Bonchev–Trinajstić information content (AvgIpc) is 2.30. The summed E-state index contributed by atoms with van der Waals surface area (Å²) in [5.74, 6) is 0.334. The number of hydrogen-bond donors (Lipinski definition) is 0. The molecule has 1 heterocycles. The van der Waals surface area contributed by atoms with Crippen molar-refractivity contribution < 1.29 is 9.59 Å². The van der Waals surface area contributed by atoms with E-state index in [2.05, 4.69) is 0 Å². The van der Waals surface area contributed by atoms with Crippen molar-refractivity contribution >= 4 is 22.8 Å². The average molecular weight is 246 g/mol. The summed E-state index contributed by atoms with van der Waals surface area (Å²) in [5.41, 5.74) is 0. The minimum atomic E-state index is -0.255. The summed E-state index contributed by atoms with van der Waals surface area (Å²) in [6.45, 7) is 5.44. The van der Waals surface area contributed by atoms with Gasteiger partial charge in [0, 0.05) is 24.9 Å². The molecule has 1 aliphatic rings. The first-order valence-electron chi connectivity index (χ1n) is 6.08. The number of carbonyl (C=O) groups is 2. The largest absolute Gasteiger partial charge is 0.342 e. The van der Waals surface area contributed by atoms with E-state index in [1.165, 1.54) is 0 Å². The Kier molecular flexibility index (Phi) is 5.26. The molecule has 1 aliphatic heterocycles. The number of amides is 1. The first kappa shape index (κ1) is 13.5. The topological polar surface area (TPSA) is 37.4 Å². The maximum Gasteiger partial charge on any atom is 0.225 e. The fourth-order valence-corrected chi connectivity index (χ4v) is 2.44. The maximum atomic E-state index is 12.0. The van der Waals surface area contributed by atoms with Gasteiger partial charge in [0.1, 0.15) is 0 Å². The normalized spacial score (nSPS) is 17.9. The summed E-state index contributed by atoms with van der Waals surface area (Å²) in [7, 11) is 0. The Morgan fingerprint density at radius 1 is 1.25 bits per heavy atom. The molecule has 0 aromatic carbocycles. The van der Waals surface area contributed by atoms with Crippen LogP contribution in [0.5, 0.6) is 0 Å². The number of hydrogen-bond acceptors (Lipinski definition) is 2. The molecule has 92 valence electrons. The third-order valence-electron chi connectivity index (χ3n) is 3.46. The van der Waals surface area contributed by atoms with Crippen molar-refractivity contribution in [3.8, 4) is 0 Å². The van der Waals surface area contributed by atoms with E-state index in [4.69, 9.17) is 11.6 Å². The lowest BCUT2D eigenvalue weighted by Gasteiger charge is -2.32. The molecule has 0 aliphatic carbocycles. The predicted octanol–water partition coefficient (Wildman–Crippen LogP) is 2.43. The van der Waals surface area contributed by atoms with Gasteiger partial charge in [0.15, 0.2) is 0 Å². The summed E-state index contributed by atoms with van der Waals surface area (Å²) < 4.78 is 0. The van der Waals surface area contributed by atoms with Crippen LogP contribution in [-0.2, 0) is 9.59 Å². The van der Waals surface area contributed by atoms with Gasteiger partial charge in [-0.3, -0.25) is 9.59 Å². The molecule has 0 aromatic heterocycles. The number of likely N-dealkylation sites (tertiary alicyclic amines) is 1. The maximum absolute atomic E-state index is 12.0. The Hall–Kier alpha value is -0.570. The van der Waals surface area contributed by atoms with Crippen molar-refractivity contribution in [2.75, 3.05) is 13.1 Å². The lowest BCUT2D eigenvalue weighted by molar-refractivity contribution is -0.138. The molecule has 1 amide bonds. The van der Waals surface area contributed by atoms with Crippen molar-refractivity contribution in [2.24, 2.45) is 11.8 Å². The standard InChI is InChI=1S/C12H20ClNO2/c1-3-9(4-2)12(16)14-7-5-10(6-8-14)11(13)15/h9-10H,3-8H2,1-2H3. The van der Waals surface area contributed by atoms with Gasteiger partial charge < -0.3 is 4.90 Å². The fourth-order valence-electron chi connectivity index (χ4n) is 2.22. The Labute approximate surface area is 102 Å². The number of nitrogens with zero attached hydrogens (tertiary/aromatic N) is 1. The SMILES string of the molecule is CCC(CC)C(=O)N1CCC(C(=O)Cl)CC1. The highest BCUT2D eigenvalue weighted by Gasteiger charge is 2.28. The van der Waals surface area contributed by atoms with E-state index in [0.717, 1.165) is 12.8 Å². The molecule has 0 atom stereocenters. The molecule has 0 unspecified atom stereocenters. The van der Waals surface area contributed by atoms with Gasteiger partial charge in [-0.15, -0.1) is 0 Å². The molecular weight excluding hydrogens is 226 g/mol. The lowest BCUT2D eigenvalue weighted by Crippen LogP contribution is -2.42. The molecule has 0 bridgehead atoms. The van der Waals surface area contributed by atoms with Gasteiger partial charge in [-0.2, -0.15) is 0 Å². The predicted molar refractivity (Wildman–Crippen MR) is 64.2 cm³/mol. The molecule has 1 rings (SSSR count). The number of carbonyl (C=O) groups excluding carboxylic acids is 2. The minimum Gasteiger partial charge on any atom is -0.342 e. The zero-order valence-electron chi connectivity index (χ0n) is 10.0. The molecule has 0 spiro atoms.